The topological polar surface area (TPSA) is 35.5 Å². The van der Waals surface area contributed by atoms with Crippen LogP contribution in [0.5, 0.6) is 11.5 Å². The monoisotopic (exact) mass is 216 g/mol. The first-order valence-corrected chi connectivity index (χ1v) is 5.39. The van der Waals surface area contributed by atoms with Crippen LogP contribution >= 0.6 is 0 Å². The van der Waals surface area contributed by atoms with Crippen molar-refractivity contribution in [2.75, 3.05) is 7.11 Å². The van der Waals surface area contributed by atoms with Crippen LogP contribution in [0.25, 0.3) is 0 Å². The summed E-state index contributed by atoms with van der Waals surface area (Å²) in [6.07, 6.45) is 3.74. The first-order valence-electron chi connectivity index (χ1n) is 5.39. The van der Waals surface area contributed by atoms with Gasteiger partial charge >= 0.3 is 0 Å². The van der Waals surface area contributed by atoms with Gasteiger partial charge in [-0.1, -0.05) is 12.1 Å². The largest absolute Gasteiger partial charge is 0.496 e. The average molecular weight is 216 g/mol. The third-order valence-corrected chi connectivity index (χ3v) is 3.11. The number of benzene rings is 1. The van der Waals surface area contributed by atoms with Crippen LogP contribution in [0.15, 0.2) is 29.8 Å². The molecule has 3 heteroatoms. The number of rotatable bonds is 1. The number of Topliss-reactive ketones (excluding diaryl/α,β-unsaturated/α-hetero) is 1. The summed E-state index contributed by atoms with van der Waals surface area (Å²) in [5.74, 6) is 1.29. The molecule has 0 spiro atoms. The highest BCUT2D eigenvalue weighted by Crippen LogP contribution is 2.39. The lowest BCUT2D eigenvalue weighted by atomic mass is 9.96. The fraction of sp³-hybridized carbons (Fsp3) is 0.308. The third kappa shape index (κ3) is 1.18. The Hall–Kier alpha value is -1.77. The minimum Gasteiger partial charge on any atom is -0.496 e. The second-order valence-corrected chi connectivity index (χ2v) is 4.01. The summed E-state index contributed by atoms with van der Waals surface area (Å²) >= 11 is 0. The first-order chi connectivity index (χ1) is 7.81. The number of carbonyl (C=O) groups is 1. The summed E-state index contributed by atoms with van der Waals surface area (Å²) < 4.78 is 11.0. The molecule has 1 atom stereocenters. The van der Waals surface area contributed by atoms with Gasteiger partial charge < -0.3 is 9.47 Å². The van der Waals surface area contributed by atoms with Crippen molar-refractivity contribution in [3.8, 4) is 11.5 Å². The Kier molecular flexibility index (Phi) is 1.99. The zero-order valence-corrected chi connectivity index (χ0v) is 9.03. The molecule has 1 aromatic carbocycles. The van der Waals surface area contributed by atoms with E-state index in [2.05, 4.69) is 0 Å². The lowest BCUT2D eigenvalue weighted by Gasteiger charge is -2.25. The number of allylic oxidation sites excluding steroid dienone is 1. The molecule has 2 aliphatic rings. The molecule has 1 aliphatic carbocycles. The van der Waals surface area contributed by atoms with E-state index >= 15 is 0 Å². The van der Waals surface area contributed by atoms with Crippen molar-refractivity contribution in [1.82, 2.24) is 0 Å². The van der Waals surface area contributed by atoms with Crippen molar-refractivity contribution in [1.29, 1.82) is 0 Å². The van der Waals surface area contributed by atoms with Crippen LogP contribution in [0.3, 0.4) is 0 Å². The molecule has 1 aliphatic heterocycles. The van der Waals surface area contributed by atoms with E-state index in [1.807, 2.05) is 18.2 Å². The van der Waals surface area contributed by atoms with E-state index in [-0.39, 0.29) is 11.9 Å². The van der Waals surface area contributed by atoms with Crippen LogP contribution in [0.4, 0.5) is 0 Å². The maximum Gasteiger partial charge on any atom is 0.199 e. The number of methoxy groups -OCH3 is 1. The Labute approximate surface area is 93.7 Å². The molecule has 0 radical (unpaired) electrons. The second kappa shape index (κ2) is 3.37. The van der Waals surface area contributed by atoms with Crippen molar-refractivity contribution in [3.63, 3.8) is 0 Å². The molecule has 16 heavy (non-hydrogen) atoms. The Bertz CT molecular complexity index is 488. The molecule has 0 bridgehead atoms. The van der Waals surface area contributed by atoms with E-state index in [0.717, 1.165) is 18.4 Å². The van der Waals surface area contributed by atoms with Crippen molar-refractivity contribution in [2.45, 2.75) is 18.9 Å². The molecular formula is C13H12O3. The Morgan fingerprint density at radius 1 is 1.44 bits per heavy atom. The smallest absolute Gasteiger partial charge is 0.199 e. The van der Waals surface area contributed by atoms with E-state index in [9.17, 15) is 4.79 Å². The Balaban J connectivity index is 2.17. The van der Waals surface area contributed by atoms with Crippen molar-refractivity contribution in [2.24, 2.45) is 0 Å². The molecule has 0 aromatic heterocycles. The lowest BCUT2D eigenvalue weighted by molar-refractivity contribution is 0.0962. The van der Waals surface area contributed by atoms with Gasteiger partial charge in [0.2, 0.25) is 0 Å². The highest BCUT2D eigenvalue weighted by molar-refractivity contribution is 6.14. The van der Waals surface area contributed by atoms with Crippen LogP contribution in [-0.4, -0.2) is 19.0 Å². The maximum absolute atomic E-state index is 12.2. The molecule has 0 saturated carbocycles. The van der Waals surface area contributed by atoms with Crippen molar-refractivity contribution >= 4 is 5.78 Å². The van der Waals surface area contributed by atoms with E-state index in [0.29, 0.717) is 17.1 Å². The number of fused-ring (bicyclic) bond motifs is 2. The lowest BCUT2D eigenvalue weighted by Crippen LogP contribution is -2.27. The molecule has 1 aromatic rings. The minimum atomic E-state index is -0.0490. The standard InChI is InChI=1S/C13H12O3/c1-15-10-6-3-7-11-12(10)13(14)8-4-2-5-9(8)16-11/h3-4,6-7,9H,2,5H2,1H3. The number of hydrogen-bond acceptors (Lipinski definition) is 3. The zero-order valence-electron chi connectivity index (χ0n) is 9.03. The van der Waals surface area contributed by atoms with Gasteiger partial charge in [-0.25, -0.2) is 0 Å². The van der Waals surface area contributed by atoms with Crippen LogP contribution in [0.2, 0.25) is 0 Å². The van der Waals surface area contributed by atoms with Gasteiger partial charge in [-0.3, -0.25) is 4.79 Å². The van der Waals surface area contributed by atoms with Gasteiger partial charge in [0.15, 0.2) is 5.78 Å². The van der Waals surface area contributed by atoms with E-state index in [1.165, 1.54) is 0 Å². The molecule has 3 rings (SSSR count). The van der Waals surface area contributed by atoms with Crippen LogP contribution in [0.1, 0.15) is 23.2 Å². The average Bonchev–Trinajstić information content (AvgIpc) is 2.76. The third-order valence-electron chi connectivity index (χ3n) is 3.11. The van der Waals surface area contributed by atoms with Crippen LogP contribution in [-0.2, 0) is 0 Å². The van der Waals surface area contributed by atoms with Crippen LogP contribution in [0, 0.1) is 0 Å². The van der Waals surface area contributed by atoms with E-state index < -0.39 is 0 Å². The molecule has 82 valence electrons. The summed E-state index contributed by atoms with van der Waals surface area (Å²) in [4.78, 5) is 12.2. The minimum absolute atomic E-state index is 0.0490. The Morgan fingerprint density at radius 2 is 2.31 bits per heavy atom. The van der Waals surface area contributed by atoms with Gasteiger partial charge in [-0.05, 0) is 25.0 Å². The van der Waals surface area contributed by atoms with Gasteiger partial charge in [0.25, 0.3) is 0 Å². The Morgan fingerprint density at radius 3 is 3.12 bits per heavy atom. The molecule has 0 fully saturated rings. The van der Waals surface area contributed by atoms with Gasteiger partial charge in [0, 0.05) is 5.57 Å². The van der Waals surface area contributed by atoms with Crippen molar-refractivity contribution < 1.29 is 14.3 Å². The number of carbonyl (C=O) groups excluding carboxylic acids is 1. The number of ketones is 1. The summed E-state index contributed by atoms with van der Waals surface area (Å²) in [5, 5.41) is 0. The normalized spacial score (nSPS) is 21.9. The molecular weight excluding hydrogens is 204 g/mol. The van der Waals surface area contributed by atoms with Gasteiger partial charge in [0.05, 0.1) is 7.11 Å². The molecule has 3 nitrogen and oxygen atoms in total. The zero-order chi connectivity index (χ0) is 11.1. The predicted octanol–water partition coefficient (Wildman–Crippen LogP) is 2.36. The highest BCUT2D eigenvalue weighted by atomic mass is 16.5. The van der Waals surface area contributed by atoms with Crippen molar-refractivity contribution in [3.05, 3.63) is 35.4 Å². The van der Waals surface area contributed by atoms with Gasteiger partial charge in [0.1, 0.15) is 23.2 Å². The fourth-order valence-corrected chi connectivity index (χ4v) is 2.34. The second-order valence-electron chi connectivity index (χ2n) is 4.01. The first kappa shape index (κ1) is 9.46. The number of hydrogen-bond donors (Lipinski definition) is 0. The molecule has 0 saturated heterocycles. The fourth-order valence-electron chi connectivity index (χ4n) is 2.34. The van der Waals surface area contributed by atoms with Crippen LogP contribution < -0.4 is 9.47 Å². The number of ether oxygens (including phenoxy) is 2. The quantitative estimate of drug-likeness (QED) is 0.722. The van der Waals surface area contributed by atoms with E-state index in [1.54, 1.807) is 13.2 Å². The molecule has 1 heterocycles. The molecule has 0 amide bonds. The molecule has 1 unspecified atom stereocenters. The SMILES string of the molecule is COc1cccc2c1C(=O)C1=CCCC1O2. The maximum atomic E-state index is 12.2. The molecule has 0 N–H and O–H groups in total. The summed E-state index contributed by atoms with van der Waals surface area (Å²) in [7, 11) is 1.57. The summed E-state index contributed by atoms with van der Waals surface area (Å²) in [6, 6.07) is 5.45. The summed E-state index contributed by atoms with van der Waals surface area (Å²) in [5.41, 5.74) is 1.35. The highest BCUT2D eigenvalue weighted by Gasteiger charge is 2.35. The van der Waals surface area contributed by atoms with Gasteiger partial charge in [-0.15, -0.1) is 0 Å². The predicted molar refractivity (Wildman–Crippen MR) is 59.1 cm³/mol. The summed E-state index contributed by atoms with van der Waals surface area (Å²) in [6.45, 7) is 0. The van der Waals surface area contributed by atoms with E-state index in [4.69, 9.17) is 9.47 Å². The van der Waals surface area contributed by atoms with Gasteiger partial charge in [-0.2, -0.15) is 0 Å².